The van der Waals surface area contributed by atoms with Gasteiger partial charge in [0.25, 0.3) is 11.1 Å². The Morgan fingerprint density at radius 3 is 2.82 bits per heavy atom. The number of hydrogen-bond acceptors (Lipinski definition) is 2. The Morgan fingerprint density at radius 1 is 1.06 bits per heavy atom. The lowest BCUT2D eigenvalue weighted by molar-refractivity contribution is 0.568. The van der Waals surface area contributed by atoms with E-state index in [1.165, 1.54) is 9.36 Å². The van der Waals surface area contributed by atoms with Crippen LogP contribution < -0.4 is 11.1 Å². The first kappa shape index (κ1) is 10.1. The quantitative estimate of drug-likeness (QED) is 0.665. The van der Waals surface area contributed by atoms with Crippen LogP contribution in [0.5, 0.6) is 0 Å². The van der Waals surface area contributed by atoms with E-state index in [4.69, 9.17) is 0 Å². The number of rotatable bonds is 0. The summed E-state index contributed by atoms with van der Waals surface area (Å²) < 4.78 is 2.89. The van der Waals surface area contributed by atoms with Gasteiger partial charge in [-0.15, -0.1) is 0 Å². The van der Waals surface area contributed by atoms with Crippen LogP contribution in [0.2, 0.25) is 0 Å². The van der Waals surface area contributed by atoms with E-state index in [1.54, 1.807) is 18.4 Å². The summed E-state index contributed by atoms with van der Waals surface area (Å²) in [5.74, 6) is 0. The van der Waals surface area contributed by atoms with E-state index in [9.17, 15) is 9.59 Å². The minimum Gasteiger partial charge on any atom is -0.267 e. The molecule has 0 unspecified atom stereocenters. The Hall–Kier alpha value is -2.10. The van der Waals surface area contributed by atoms with Crippen LogP contribution >= 0.6 is 0 Å². The largest absolute Gasteiger partial charge is 0.273 e. The highest BCUT2D eigenvalue weighted by Crippen LogP contribution is 2.12. The van der Waals surface area contributed by atoms with Gasteiger partial charge >= 0.3 is 0 Å². The Kier molecular flexibility index (Phi) is 2.21. The summed E-state index contributed by atoms with van der Waals surface area (Å²) >= 11 is 0. The molecule has 4 nitrogen and oxygen atoms in total. The van der Waals surface area contributed by atoms with Gasteiger partial charge in [0.1, 0.15) is 0 Å². The number of aromatic nitrogens is 2. The zero-order valence-electron chi connectivity index (χ0n) is 9.30. The predicted molar refractivity (Wildman–Crippen MR) is 66.8 cm³/mol. The van der Waals surface area contributed by atoms with E-state index in [0.29, 0.717) is 24.1 Å². The van der Waals surface area contributed by atoms with E-state index < -0.39 is 0 Å². The van der Waals surface area contributed by atoms with Crippen LogP contribution in [0.15, 0.2) is 33.9 Å². The molecule has 0 radical (unpaired) electrons. The zero-order valence-corrected chi connectivity index (χ0v) is 9.30. The number of allylic oxidation sites excluding steroid dienone is 4. The Bertz CT molecular complexity index is 672. The normalized spacial score (nSPS) is 16.5. The fourth-order valence-electron chi connectivity index (χ4n) is 2.26. The van der Waals surface area contributed by atoms with Gasteiger partial charge in [0.2, 0.25) is 0 Å². The first-order valence-corrected chi connectivity index (χ1v) is 5.67. The maximum Gasteiger partial charge on any atom is 0.273 e. The molecule has 0 atom stereocenters. The van der Waals surface area contributed by atoms with Gasteiger partial charge in [0.05, 0.1) is 6.54 Å². The second-order valence-corrected chi connectivity index (χ2v) is 4.14. The molecule has 3 rings (SSSR count). The standard InChI is InChI=1S/C13H12N2O2/c16-12-10-6-2-3-7-11(10)13(17)15-9-5-1-4-8-14(12)15/h1-2,4-6,9H,3,7-8H2. The van der Waals surface area contributed by atoms with Gasteiger partial charge in [-0.1, -0.05) is 24.3 Å². The maximum atomic E-state index is 12.3. The van der Waals surface area contributed by atoms with Gasteiger partial charge in [0.15, 0.2) is 0 Å². The smallest absolute Gasteiger partial charge is 0.267 e. The third-order valence-corrected chi connectivity index (χ3v) is 3.11. The lowest BCUT2D eigenvalue weighted by Gasteiger charge is -2.15. The van der Waals surface area contributed by atoms with Crippen LogP contribution in [0.1, 0.15) is 17.5 Å². The summed E-state index contributed by atoms with van der Waals surface area (Å²) in [6.45, 7) is 0.433. The number of hydrogen-bond donors (Lipinski definition) is 0. The summed E-state index contributed by atoms with van der Waals surface area (Å²) in [4.78, 5) is 24.5. The van der Waals surface area contributed by atoms with Gasteiger partial charge in [-0.25, -0.2) is 9.36 Å². The molecule has 2 aliphatic rings. The van der Waals surface area contributed by atoms with Crippen LogP contribution in [0.4, 0.5) is 0 Å². The summed E-state index contributed by atoms with van der Waals surface area (Å²) in [5.41, 5.74) is 1.03. The number of fused-ring (bicyclic) bond motifs is 2. The molecular formula is C13H12N2O2. The molecule has 0 saturated carbocycles. The van der Waals surface area contributed by atoms with Crippen LogP contribution in [0.25, 0.3) is 12.3 Å². The first-order chi connectivity index (χ1) is 8.29. The Balaban J connectivity index is 2.43. The molecule has 17 heavy (non-hydrogen) atoms. The molecule has 4 heteroatoms. The summed E-state index contributed by atoms with van der Waals surface area (Å²) in [6, 6.07) is 0. The molecule has 2 heterocycles. The van der Waals surface area contributed by atoms with Gasteiger partial charge in [-0.3, -0.25) is 9.59 Å². The summed E-state index contributed by atoms with van der Waals surface area (Å²) in [5, 5.41) is 0. The highest BCUT2D eigenvalue weighted by molar-refractivity contribution is 5.55. The summed E-state index contributed by atoms with van der Waals surface area (Å²) in [7, 11) is 0. The van der Waals surface area contributed by atoms with Crippen LogP contribution in [-0.2, 0) is 13.0 Å². The Labute approximate surface area is 97.8 Å². The molecule has 1 aliphatic heterocycles. The Morgan fingerprint density at radius 2 is 1.94 bits per heavy atom. The average molecular weight is 228 g/mol. The second kappa shape index (κ2) is 3.73. The molecule has 86 valence electrons. The van der Waals surface area contributed by atoms with E-state index in [1.807, 2.05) is 18.2 Å². The fourth-order valence-corrected chi connectivity index (χ4v) is 2.26. The highest BCUT2D eigenvalue weighted by Gasteiger charge is 2.17. The SMILES string of the molecule is O=c1c2c(c(=O)n3n1C=CC=CC3)C=CCC2. The summed E-state index contributed by atoms with van der Waals surface area (Å²) in [6.07, 6.45) is 12.3. The minimum atomic E-state index is -0.0910. The lowest BCUT2D eigenvalue weighted by Crippen LogP contribution is -2.40. The minimum absolute atomic E-state index is 0.0797. The lowest BCUT2D eigenvalue weighted by atomic mass is 10.0. The van der Waals surface area contributed by atoms with Crippen molar-refractivity contribution in [1.29, 1.82) is 0 Å². The molecule has 0 fully saturated rings. The van der Waals surface area contributed by atoms with E-state index in [2.05, 4.69) is 0 Å². The molecule has 0 amide bonds. The topological polar surface area (TPSA) is 44.0 Å². The van der Waals surface area contributed by atoms with Crippen molar-refractivity contribution >= 4 is 12.3 Å². The van der Waals surface area contributed by atoms with Crippen molar-refractivity contribution in [1.82, 2.24) is 9.36 Å². The second-order valence-electron chi connectivity index (χ2n) is 4.14. The first-order valence-electron chi connectivity index (χ1n) is 5.67. The van der Waals surface area contributed by atoms with E-state index >= 15 is 0 Å². The van der Waals surface area contributed by atoms with Crippen LogP contribution in [0, 0.1) is 0 Å². The van der Waals surface area contributed by atoms with Gasteiger partial charge < -0.3 is 0 Å². The molecule has 0 aromatic carbocycles. The molecule has 0 N–H and O–H groups in total. The van der Waals surface area contributed by atoms with Crippen LogP contribution in [0.3, 0.4) is 0 Å². The van der Waals surface area contributed by atoms with Crippen molar-refractivity contribution < 1.29 is 0 Å². The van der Waals surface area contributed by atoms with Gasteiger partial charge in [-0.05, 0) is 18.9 Å². The monoisotopic (exact) mass is 228 g/mol. The van der Waals surface area contributed by atoms with Crippen molar-refractivity contribution in [2.45, 2.75) is 19.4 Å². The third kappa shape index (κ3) is 1.45. The molecule has 0 saturated heterocycles. The average Bonchev–Trinajstić information content (AvgIpc) is 2.62. The van der Waals surface area contributed by atoms with Crippen molar-refractivity contribution in [3.05, 3.63) is 56.1 Å². The van der Waals surface area contributed by atoms with E-state index in [-0.39, 0.29) is 11.1 Å². The number of nitrogens with zero attached hydrogens (tertiary/aromatic N) is 2. The predicted octanol–water partition coefficient (Wildman–Crippen LogP) is 1.01. The molecule has 1 aliphatic carbocycles. The van der Waals surface area contributed by atoms with Gasteiger partial charge in [0, 0.05) is 17.3 Å². The third-order valence-electron chi connectivity index (χ3n) is 3.11. The molecule has 0 bridgehead atoms. The maximum absolute atomic E-state index is 12.3. The molecular weight excluding hydrogens is 216 g/mol. The van der Waals surface area contributed by atoms with Crippen molar-refractivity contribution in [2.75, 3.05) is 0 Å². The van der Waals surface area contributed by atoms with Crippen molar-refractivity contribution in [3.8, 4) is 0 Å². The fraction of sp³-hybridized carbons (Fsp3) is 0.231. The molecule has 0 spiro atoms. The molecule has 1 aromatic rings. The zero-order chi connectivity index (χ0) is 11.8. The van der Waals surface area contributed by atoms with Gasteiger partial charge in [-0.2, -0.15) is 0 Å². The van der Waals surface area contributed by atoms with Crippen molar-refractivity contribution in [2.24, 2.45) is 0 Å². The highest BCUT2D eigenvalue weighted by atomic mass is 16.2. The van der Waals surface area contributed by atoms with Crippen molar-refractivity contribution in [3.63, 3.8) is 0 Å². The van der Waals surface area contributed by atoms with E-state index in [0.717, 1.165) is 6.42 Å². The molecule has 1 aromatic heterocycles. The van der Waals surface area contributed by atoms with Crippen LogP contribution in [-0.4, -0.2) is 9.36 Å².